The molecule has 0 spiro atoms. The van der Waals surface area contributed by atoms with Crippen molar-refractivity contribution in [3.05, 3.63) is 57.5 Å². The highest BCUT2D eigenvalue weighted by Gasteiger charge is 2.09. The Morgan fingerprint density at radius 2 is 2.18 bits per heavy atom. The fourth-order valence-corrected chi connectivity index (χ4v) is 2.50. The van der Waals surface area contributed by atoms with Gasteiger partial charge < -0.3 is 5.11 Å². The van der Waals surface area contributed by atoms with Gasteiger partial charge in [0, 0.05) is 4.88 Å². The molecule has 0 radical (unpaired) electrons. The first-order chi connectivity index (χ1) is 8.16. The summed E-state index contributed by atoms with van der Waals surface area (Å²) in [6.07, 6.45) is 1.01. The molecule has 1 nitrogen and oxygen atoms in total. The van der Waals surface area contributed by atoms with Crippen molar-refractivity contribution in [3.63, 3.8) is 0 Å². The van der Waals surface area contributed by atoms with Crippen molar-refractivity contribution < 1.29 is 9.50 Å². The molecule has 2 aromatic rings. The van der Waals surface area contributed by atoms with Gasteiger partial charge in [0.25, 0.3) is 0 Å². The van der Waals surface area contributed by atoms with Crippen LogP contribution in [0.4, 0.5) is 4.39 Å². The van der Waals surface area contributed by atoms with Gasteiger partial charge in [-0.25, -0.2) is 4.39 Å². The molecule has 0 fully saturated rings. The van der Waals surface area contributed by atoms with E-state index in [1.54, 1.807) is 30.4 Å². The summed E-state index contributed by atoms with van der Waals surface area (Å²) in [5.41, 5.74) is 1.37. The van der Waals surface area contributed by atoms with Gasteiger partial charge in [-0.15, -0.1) is 11.3 Å². The molecule has 0 amide bonds. The minimum absolute atomic E-state index is 0.223. The number of thiophene rings is 1. The lowest BCUT2D eigenvalue weighted by atomic mass is 10.0. The first-order valence-corrected chi connectivity index (χ1v) is 6.51. The van der Waals surface area contributed by atoms with Crippen LogP contribution in [0.15, 0.2) is 35.7 Å². The van der Waals surface area contributed by atoms with Crippen LogP contribution in [0.1, 0.15) is 28.5 Å². The van der Waals surface area contributed by atoms with E-state index >= 15 is 0 Å². The smallest absolute Gasteiger partial charge is 0.126 e. The van der Waals surface area contributed by atoms with E-state index in [2.05, 4.69) is 6.07 Å². The number of rotatable bonds is 4. The van der Waals surface area contributed by atoms with E-state index in [1.165, 1.54) is 10.9 Å². The van der Waals surface area contributed by atoms with Crippen LogP contribution >= 0.6 is 11.3 Å². The minimum Gasteiger partial charge on any atom is -0.388 e. The van der Waals surface area contributed by atoms with Gasteiger partial charge in [0.15, 0.2) is 0 Å². The summed E-state index contributed by atoms with van der Waals surface area (Å²) in [5.74, 6) is -0.223. The zero-order chi connectivity index (χ0) is 12.3. The van der Waals surface area contributed by atoms with Crippen LogP contribution in [0, 0.1) is 12.7 Å². The molecule has 0 saturated carbocycles. The molecule has 0 bridgehead atoms. The Bertz CT molecular complexity index is 479. The van der Waals surface area contributed by atoms with E-state index in [9.17, 15) is 9.50 Å². The number of halogens is 1. The first kappa shape index (κ1) is 12.3. The van der Waals surface area contributed by atoms with E-state index in [4.69, 9.17) is 0 Å². The van der Waals surface area contributed by atoms with E-state index < -0.39 is 6.10 Å². The molecule has 1 aromatic carbocycles. The third-order valence-electron chi connectivity index (χ3n) is 2.81. The highest BCUT2D eigenvalue weighted by atomic mass is 32.1. The average Bonchev–Trinajstić information content (AvgIpc) is 2.82. The molecule has 17 heavy (non-hydrogen) atoms. The zero-order valence-electron chi connectivity index (χ0n) is 9.69. The molecule has 90 valence electrons. The van der Waals surface area contributed by atoms with E-state index in [1.807, 2.05) is 11.4 Å². The number of aryl methyl sites for hydroxylation is 2. The Balaban J connectivity index is 1.99. The third-order valence-corrected chi connectivity index (χ3v) is 3.75. The normalized spacial score (nSPS) is 12.6. The fraction of sp³-hybridized carbons (Fsp3) is 0.286. The van der Waals surface area contributed by atoms with Crippen molar-refractivity contribution >= 4 is 11.3 Å². The van der Waals surface area contributed by atoms with Crippen LogP contribution in [0.3, 0.4) is 0 Å². The summed E-state index contributed by atoms with van der Waals surface area (Å²) in [7, 11) is 0. The fourth-order valence-electron chi connectivity index (χ4n) is 1.78. The SMILES string of the molecule is Cc1cc(C(O)CCc2cccs2)ccc1F. The monoisotopic (exact) mass is 250 g/mol. The van der Waals surface area contributed by atoms with Gasteiger partial charge in [-0.1, -0.05) is 18.2 Å². The summed E-state index contributed by atoms with van der Waals surface area (Å²) in [5, 5.41) is 12.0. The number of hydrogen-bond donors (Lipinski definition) is 1. The second-order valence-corrected chi connectivity index (χ2v) is 5.17. The summed E-state index contributed by atoms with van der Waals surface area (Å²) >= 11 is 1.69. The Kier molecular flexibility index (Phi) is 3.92. The molecule has 1 atom stereocenters. The lowest BCUT2D eigenvalue weighted by Crippen LogP contribution is -2.00. The van der Waals surface area contributed by atoms with Crippen molar-refractivity contribution in [1.82, 2.24) is 0 Å². The molecule has 2 rings (SSSR count). The Morgan fingerprint density at radius 1 is 1.35 bits per heavy atom. The van der Waals surface area contributed by atoms with E-state index in [0.29, 0.717) is 12.0 Å². The lowest BCUT2D eigenvalue weighted by molar-refractivity contribution is 0.168. The van der Waals surface area contributed by atoms with Gasteiger partial charge in [0.05, 0.1) is 6.10 Å². The van der Waals surface area contributed by atoms with Gasteiger partial charge in [-0.2, -0.15) is 0 Å². The maximum absolute atomic E-state index is 13.1. The minimum atomic E-state index is -0.517. The third kappa shape index (κ3) is 3.14. The second kappa shape index (κ2) is 5.43. The van der Waals surface area contributed by atoms with Crippen LogP contribution in [0.5, 0.6) is 0 Å². The largest absolute Gasteiger partial charge is 0.388 e. The van der Waals surface area contributed by atoms with Gasteiger partial charge in [0.1, 0.15) is 5.82 Å². The molecule has 1 unspecified atom stereocenters. The standard InChI is InChI=1S/C14H15FOS/c1-10-9-11(4-6-13(10)15)14(16)7-5-12-3-2-8-17-12/h2-4,6,8-9,14,16H,5,7H2,1H3. The second-order valence-electron chi connectivity index (χ2n) is 4.14. The van der Waals surface area contributed by atoms with Crippen molar-refractivity contribution in [2.24, 2.45) is 0 Å². The predicted octanol–water partition coefficient (Wildman–Crippen LogP) is 3.86. The Morgan fingerprint density at radius 3 is 2.82 bits per heavy atom. The highest BCUT2D eigenvalue weighted by molar-refractivity contribution is 7.09. The van der Waals surface area contributed by atoms with Gasteiger partial charge in [0.2, 0.25) is 0 Å². The molecule has 0 aliphatic heterocycles. The molecule has 0 saturated heterocycles. The maximum Gasteiger partial charge on any atom is 0.126 e. The summed E-state index contributed by atoms with van der Waals surface area (Å²) in [6.45, 7) is 1.71. The molecular weight excluding hydrogens is 235 g/mol. The van der Waals surface area contributed by atoms with Crippen LogP contribution in [-0.4, -0.2) is 5.11 Å². The van der Waals surface area contributed by atoms with Crippen LogP contribution in [0.25, 0.3) is 0 Å². The van der Waals surface area contributed by atoms with Gasteiger partial charge in [-0.05, 0) is 48.4 Å². The first-order valence-electron chi connectivity index (χ1n) is 5.63. The summed E-state index contributed by atoms with van der Waals surface area (Å²) < 4.78 is 13.1. The molecule has 1 N–H and O–H groups in total. The molecule has 3 heteroatoms. The predicted molar refractivity (Wildman–Crippen MR) is 68.7 cm³/mol. The lowest BCUT2D eigenvalue weighted by Gasteiger charge is -2.11. The molecule has 0 aliphatic carbocycles. The summed E-state index contributed by atoms with van der Waals surface area (Å²) in [4.78, 5) is 1.27. The number of benzene rings is 1. The van der Waals surface area contributed by atoms with Crippen molar-refractivity contribution in [2.45, 2.75) is 25.9 Å². The number of hydrogen-bond acceptors (Lipinski definition) is 2. The van der Waals surface area contributed by atoms with Crippen LogP contribution < -0.4 is 0 Å². The summed E-state index contributed by atoms with van der Waals surface area (Å²) in [6, 6.07) is 8.86. The van der Waals surface area contributed by atoms with Gasteiger partial charge >= 0.3 is 0 Å². The van der Waals surface area contributed by atoms with Crippen molar-refractivity contribution in [3.8, 4) is 0 Å². The molecule has 1 heterocycles. The Labute approximate surface area is 105 Å². The maximum atomic E-state index is 13.1. The van der Waals surface area contributed by atoms with E-state index in [-0.39, 0.29) is 5.82 Å². The topological polar surface area (TPSA) is 20.2 Å². The zero-order valence-corrected chi connectivity index (χ0v) is 10.5. The van der Waals surface area contributed by atoms with E-state index in [0.717, 1.165) is 12.0 Å². The van der Waals surface area contributed by atoms with Crippen molar-refractivity contribution in [1.29, 1.82) is 0 Å². The van der Waals surface area contributed by atoms with Crippen LogP contribution in [-0.2, 0) is 6.42 Å². The quantitative estimate of drug-likeness (QED) is 0.873. The molecule has 1 aromatic heterocycles. The van der Waals surface area contributed by atoms with Gasteiger partial charge in [-0.3, -0.25) is 0 Å². The highest BCUT2D eigenvalue weighted by Crippen LogP contribution is 2.22. The van der Waals surface area contributed by atoms with Crippen molar-refractivity contribution in [2.75, 3.05) is 0 Å². The molecule has 0 aliphatic rings. The Hall–Kier alpha value is -1.19. The van der Waals surface area contributed by atoms with Crippen LogP contribution in [0.2, 0.25) is 0 Å². The average molecular weight is 250 g/mol. The number of aliphatic hydroxyl groups excluding tert-OH is 1. The molecular formula is C14H15FOS. The number of aliphatic hydroxyl groups is 1.